The normalized spacial score (nSPS) is 36.2. The Hall–Kier alpha value is -0.120. The highest BCUT2D eigenvalue weighted by atomic mass is 16.5. The minimum Gasteiger partial charge on any atom is -0.378 e. The molecule has 88 valence electrons. The molecule has 2 rings (SSSR count). The molecule has 2 aliphatic rings. The zero-order valence-corrected chi connectivity index (χ0v) is 10.3. The van der Waals surface area contributed by atoms with Crippen LogP contribution in [-0.2, 0) is 4.74 Å². The van der Waals surface area contributed by atoms with Crippen molar-refractivity contribution in [3.05, 3.63) is 0 Å². The van der Waals surface area contributed by atoms with Crippen LogP contribution in [0.4, 0.5) is 0 Å². The fraction of sp³-hybridized carbons (Fsp3) is 1.00. The molecule has 15 heavy (non-hydrogen) atoms. The van der Waals surface area contributed by atoms with Gasteiger partial charge < -0.3 is 10.1 Å². The van der Waals surface area contributed by atoms with Gasteiger partial charge in [0.05, 0.1) is 13.2 Å². The Labute approximate surface area is 93.2 Å². The first-order valence-electron chi connectivity index (χ1n) is 6.14. The highest BCUT2D eigenvalue weighted by Gasteiger charge is 2.42. The summed E-state index contributed by atoms with van der Waals surface area (Å²) in [6.45, 7) is 8.68. The van der Waals surface area contributed by atoms with E-state index < -0.39 is 0 Å². The second-order valence-corrected chi connectivity index (χ2v) is 5.52. The summed E-state index contributed by atoms with van der Waals surface area (Å²) in [6.07, 6.45) is 2.76. The van der Waals surface area contributed by atoms with Gasteiger partial charge in [0.15, 0.2) is 0 Å². The van der Waals surface area contributed by atoms with Crippen LogP contribution in [0.5, 0.6) is 0 Å². The van der Waals surface area contributed by atoms with Gasteiger partial charge in [-0.15, -0.1) is 0 Å². The predicted molar refractivity (Wildman–Crippen MR) is 62.0 cm³/mol. The van der Waals surface area contributed by atoms with Crippen molar-refractivity contribution in [2.45, 2.75) is 38.3 Å². The smallest absolute Gasteiger partial charge is 0.0645 e. The molecular weight excluding hydrogens is 188 g/mol. The van der Waals surface area contributed by atoms with E-state index in [0.717, 1.165) is 38.3 Å². The van der Waals surface area contributed by atoms with Crippen LogP contribution in [0.15, 0.2) is 0 Å². The van der Waals surface area contributed by atoms with E-state index in [1.807, 2.05) is 0 Å². The molecule has 0 aromatic heterocycles. The molecule has 1 aliphatic heterocycles. The van der Waals surface area contributed by atoms with Crippen LogP contribution in [0.3, 0.4) is 0 Å². The Bertz CT molecular complexity index is 218. The summed E-state index contributed by atoms with van der Waals surface area (Å²) in [4.78, 5) is 2.67. The Morgan fingerprint density at radius 2 is 2.20 bits per heavy atom. The van der Waals surface area contributed by atoms with Crippen molar-refractivity contribution in [1.82, 2.24) is 10.2 Å². The molecule has 1 N–H and O–H groups in total. The maximum Gasteiger partial charge on any atom is 0.0645 e. The predicted octanol–water partition coefficient (Wildman–Crippen LogP) is 1.10. The van der Waals surface area contributed by atoms with Crippen molar-refractivity contribution in [2.75, 3.05) is 33.4 Å². The van der Waals surface area contributed by atoms with Gasteiger partial charge in [0, 0.05) is 18.1 Å². The summed E-state index contributed by atoms with van der Waals surface area (Å²) in [5.74, 6) is 0.854. The minimum atomic E-state index is 0.231. The average Bonchev–Trinajstić information content (AvgIpc) is 2.16. The molecule has 1 saturated heterocycles. The van der Waals surface area contributed by atoms with Gasteiger partial charge in [0.2, 0.25) is 0 Å². The lowest BCUT2D eigenvalue weighted by atomic mass is 9.76. The highest BCUT2D eigenvalue weighted by molar-refractivity contribution is 4.97. The molecule has 2 fully saturated rings. The molecule has 0 aromatic rings. The molecule has 3 heteroatoms. The minimum absolute atomic E-state index is 0.231. The Morgan fingerprint density at radius 1 is 1.40 bits per heavy atom. The Balaban J connectivity index is 1.96. The summed E-state index contributed by atoms with van der Waals surface area (Å²) in [7, 11) is 2.06. The van der Waals surface area contributed by atoms with Gasteiger partial charge in [-0.3, -0.25) is 4.90 Å². The topological polar surface area (TPSA) is 24.5 Å². The quantitative estimate of drug-likeness (QED) is 0.758. The van der Waals surface area contributed by atoms with E-state index in [0.29, 0.717) is 0 Å². The van der Waals surface area contributed by atoms with E-state index in [1.165, 1.54) is 12.8 Å². The van der Waals surface area contributed by atoms with E-state index >= 15 is 0 Å². The summed E-state index contributed by atoms with van der Waals surface area (Å²) in [5.41, 5.74) is 0.231. The fourth-order valence-corrected chi connectivity index (χ4v) is 2.95. The van der Waals surface area contributed by atoms with Crippen molar-refractivity contribution in [3.8, 4) is 0 Å². The van der Waals surface area contributed by atoms with Gasteiger partial charge >= 0.3 is 0 Å². The monoisotopic (exact) mass is 212 g/mol. The van der Waals surface area contributed by atoms with Crippen LogP contribution in [0.2, 0.25) is 0 Å². The number of nitrogens with zero attached hydrogens (tertiary/aromatic N) is 1. The molecule has 2 unspecified atom stereocenters. The summed E-state index contributed by atoms with van der Waals surface area (Å²) >= 11 is 0. The molecule has 1 aliphatic carbocycles. The third kappa shape index (κ3) is 2.19. The molecule has 0 radical (unpaired) electrons. The van der Waals surface area contributed by atoms with Crippen molar-refractivity contribution in [2.24, 2.45) is 5.92 Å². The summed E-state index contributed by atoms with van der Waals surface area (Å²) < 4.78 is 5.57. The third-order valence-corrected chi connectivity index (χ3v) is 3.95. The molecule has 3 nitrogen and oxygen atoms in total. The second-order valence-electron chi connectivity index (χ2n) is 5.52. The SMILES string of the molecule is CNCC1CCC1N1CCOCC1(C)C. The number of rotatable bonds is 3. The van der Waals surface area contributed by atoms with Crippen LogP contribution in [-0.4, -0.2) is 49.8 Å². The van der Waals surface area contributed by atoms with E-state index in [-0.39, 0.29) is 5.54 Å². The number of ether oxygens (including phenoxy) is 1. The van der Waals surface area contributed by atoms with E-state index in [9.17, 15) is 0 Å². The molecule has 2 atom stereocenters. The van der Waals surface area contributed by atoms with E-state index in [4.69, 9.17) is 4.74 Å². The molecule has 1 heterocycles. The van der Waals surface area contributed by atoms with Crippen LogP contribution >= 0.6 is 0 Å². The van der Waals surface area contributed by atoms with Crippen molar-refractivity contribution in [3.63, 3.8) is 0 Å². The van der Waals surface area contributed by atoms with E-state index in [2.05, 4.69) is 31.1 Å². The molecule has 1 saturated carbocycles. The lowest BCUT2D eigenvalue weighted by molar-refractivity contribution is -0.103. The van der Waals surface area contributed by atoms with Crippen LogP contribution in [0.1, 0.15) is 26.7 Å². The number of morpholine rings is 1. The first-order chi connectivity index (χ1) is 7.15. The number of hydrogen-bond donors (Lipinski definition) is 1. The van der Waals surface area contributed by atoms with Gasteiger partial charge in [0.1, 0.15) is 0 Å². The standard InChI is InChI=1S/C12H24N2O/c1-12(2)9-15-7-6-14(12)11-5-4-10(11)8-13-3/h10-11,13H,4-9H2,1-3H3. The van der Waals surface area contributed by atoms with Crippen LogP contribution in [0.25, 0.3) is 0 Å². The molecule has 0 aromatic carbocycles. The maximum absolute atomic E-state index is 5.57. The van der Waals surface area contributed by atoms with Crippen molar-refractivity contribution in [1.29, 1.82) is 0 Å². The first kappa shape index (κ1) is 11.4. The molecular formula is C12H24N2O. The Kier molecular flexibility index (Phi) is 3.33. The first-order valence-corrected chi connectivity index (χ1v) is 6.14. The number of nitrogens with one attached hydrogen (secondary N) is 1. The zero-order valence-electron chi connectivity index (χ0n) is 10.3. The fourth-order valence-electron chi connectivity index (χ4n) is 2.95. The zero-order chi connectivity index (χ0) is 10.9. The molecule has 0 spiro atoms. The van der Waals surface area contributed by atoms with Crippen molar-refractivity contribution < 1.29 is 4.74 Å². The van der Waals surface area contributed by atoms with Crippen LogP contribution in [0, 0.1) is 5.92 Å². The third-order valence-electron chi connectivity index (χ3n) is 3.95. The lowest BCUT2D eigenvalue weighted by Crippen LogP contribution is -2.62. The van der Waals surface area contributed by atoms with Crippen LogP contribution < -0.4 is 5.32 Å². The second kappa shape index (κ2) is 4.40. The highest BCUT2D eigenvalue weighted by Crippen LogP contribution is 2.36. The summed E-state index contributed by atoms with van der Waals surface area (Å²) in [6, 6.07) is 0.788. The number of hydrogen-bond acceptors (Lipinski definition) is 3. The van der Waals surface area contributed by atoms with Gasteiger partial charge in [-0.1, -0.05) is 0 Å². The average molecular weight is 212 g/mol. The molecule has 0 bridgehead atoms. The lowest BCUT2D eigenvalue weighted by Gasteiger charge is -2.53. The molecule has 0 amide bonds. The van der Waals surface area contributed by atoms with Gasteiger partial charge in [-0.25, -0.2) is 0 Å². The van der Waals surface area contributed by atoms with Gasteiger partial charge in [-0.05, 0) is 46.2 Å². The van der Waals surface area contributed by atoms with E-state index in [1.54, 1.807) is 0 Å². The maximum atomic E-state index is 5.57. The Morgan fingerprint density at radius 3 is 2.73 bits per heavy atom. The largest absolute Gasteiger partial charge is 0.378 e. The van der Waals surface area contributed by atoms with Crippen molar-refractivity contribution >= 4 is 0 Å². The van der Waals surface area contributed by atoms with Gasteiger partial charge in [0.25, 0.3) is 0 Å². The van der Waals surface area contributed by atoms with Gasteiger partial charge in [-0.2, -0.15) is 0 Å². The summed E-state index contributed by atoms with van der Waals surface area (Å²) in [5, 5.41) is 3.31.